The monoisotopic (exact) mass is 227 g/mol. The first kappa shape index (κ1) is 10.5. The van der Waals surface area contributed by atoms with Gasteiger partial charge in [-0.25, -0.2) is 0 Å². The maximum absolute atomic E-state index is 14.0. The van der Waals surface area contributed by atoms with E-state index in [0.29, 0.717) is 0 Å². The minimum Gasteiger partial charge on any atom is -0.133 e. The summed E-state index contributed by atoms with van der Waals surface area (Å²) in [6.07, 6.45) is 0. The molecule has 0 N–H and O–H groups in total. The molecule has 17 heavy (non-hydrogen) atoms. The smallest absolute Gasteiger partial charge is 0.0963 e. The number of nitrogens with zero attached hydrogens (tertiary/aromatic N) is 1. The summed E-state index contributed by atoms with van der Waals surface area (Å²) < 4.78 is 14.0. The fraction of sp³-hybridized carbons (Fsp3) is 0.200. The Bertz CT molecular complexity index is 511. The van der Waals surface area contributed by atoms with Crippen molar-refractivity contribution in [3.05, 3.63) is 71.8 Å². The van der Waals surface area contributed by atoms with Crippen molar-refractivity contribution < 1.29 is 4.48 Å². The van der Waals surface area contributed by atoms with Gasteiger partial charge in [0.15, 0.2) is 0 Å². The number of benzene rings is 2. The van der Waals surface area contributed by atoms with Crippen LogP contribution in [0, 0.1) is 0 Å². The first-order valence-corrected chi connectivity index (χ1v) is 5.80. The second-order valence-electron chi connectivity index (χ2n) is 4.64. The second-order valence-corrected chi connectivity index (χ2v) is 4.64. The van der Waals surface area contributed by atoms with E-state index in [1.807, 2.05) is 67.6 Å². The van der Waals surface area contributed by atoms with E-state index in [0.717, 1.165) is 16.2 Å². The normalized spacial score (nSPS) is 31.2. The molecule has 0 amide bonds. The van der Waals surface area contributed by atoms with Crippen LogP contribution in [0.4, 0.5) is 4.48 Å². The highest BCUT2D eigenvalue weighted by atomic mass is 19.2. The molecule has 2 aromatic rings. The van der Waals surface area contributed by atoms with Crippen molar-refractivity contribution in [3.8, 4) is 0 Å². The lowest BCUT2D eigenvalue weighted by Gasteiger charge is -2.08. The van der Waals surface area contributed by atoms with Crippen LogP contribution in [-0.4, -0.2) is 5.12 Å². The van der Waals surface area contributed by atoms with Gasteiger partial charge in [0, 0.05) is 0 Å². The molecule has 0 spiro atoms. The van der Waals surface area contributed by atoms with E-state index in [1.165, 1.54) is 0 Å². The molecule has 1 nitrogen and oxygen atoms in total. The fourth-order valence-corrected chi connectivity index (χ4v) is 2.50. The van der Waals surface area contributed by atoms with Gasteiger partial charge in [0.05, 0.1) is 11.6 Å². The fourth-order valence-electron chi connectivity index (χ4n) is 2.50. The minimum absolute atomic E-state index is 0.161. The van der Waals surface area contributed by atoms with Crippen LogP contribution < -0.4 is 0 Å². The molecule has 1 heterocycles. The van der Waals surface area contributed by atoms with Crippen molar-refractivity contribution in [3.63, 3.8) is 0 Å². The summed E-state index contributed by atoms with van der Waals surface area (Å²) in [6, 6.07) is 19.5. The van der Waals surface area contributed by atoms with Crippen LogP contribution in [-0.2, 0) is 5.54 Å². The van der Waals surface area contributed by atoms with E-state index in [9.17, 15) is 4.48 Å². The maximum Gasteiger partial charge on any atom is 0.0963 e. The molecule has 1 aliphatic heterocycles. The van der Waals surface area contributed by atoms with Crippen molar-refractivity contribution in [1.29, 1.82) is 0 Å². The summed E-state index contributed by atoms with van der Waals surface area (Å²) in [7, 11) is 0. The Labute approximate surface area is 100 Å². The van der Waals surface area contributed by atoms with Gasteiger partial charge in [0.2, 0.25) is 0 Å². The van der Waals surface area contributed by atoms with Crippen molar-refractivity contribution in [2.24, 2.45) is 0 Å². The van der Waals surface area contributed by atoms with Gasteiger partial charge in [0.25, 0.3) is 0 Å². The summed E-state index contributed by atoms with van der Waals surface area (Å²) in [5, 5.41) is 0.928. The highest BCUT2D eigenvalue weighted by Crippen LogP contribution is 2.59. The van der Waals surface area contributed by atoms with Crippen LogP contribution in [0.3, 0.4) is 0 Å². The first-order valence-electron chi connectivity index (χ1n) is 5.80. The molecule has 0 saturated carbocycles. The molecular formula is C15H14FN. The Morgan fingerprint density at radius 3 is 2.06 bits per heavy atom. The van der Waals surface area contributed by atoms with Crippen molar-refractivity contribution in [2.45, 2.75) is 18.5 Å². The zero-order valence-corrected chi connectivity index (χ0v) is 9.68. The molecule has 1 fully saturated rings. The largest absolute Gasteiger partial charge is 0.133 e. The molecule has 1 aliphatic rings. The van der Waals surface area contributed by atoms with Crippen LogP contribution in [0.25, 0.3) is 0 Å². The van der Waals surface area contributed by atoms with Crippen molar-refractivity contribution in [1.82, 2.24) is 5.12 Å². The van der Waals surface area contributed by atoms with Gasteiger partial charge in [0.1, 0.15) is 0 Å². The molecule has 3 unspecified atom stereocenters. The number of hydrogen-bond acceptors (Lipinski definition) is 1. The Morgan fingerprint density at radius 2 is 1.47 bits per heavy atom. The van der Waals surface area contributed by atoms with E-state index in [-0.39, 0.29) is 6.04 Å². The Balaban J connectivity index is 1.97. The predicted molar refractivity (Wildman–Crippen MR) is 65.9 cm³/mol. The molecule has 86 valence electrons. The van der Waals surface area contributed by atoms with E-state index in [4.69, 9.17) is 0 Å². The van der Waals surface area contributed by atoms with E-state index in [1.54, 1.807) is 0 Å². The molecule has 0 radical (unpaired) electrons. The van der Waals surface area contributed by atoms with Gasteiger partial charge >= 0.3 is 0 Å². The molecule has 2 aromatic carbocycles. The second kappa shape index (κ2) is 3.67. The topological polar surface area (TPSA) is 3.01 Å². The van der Waals surface area contributed by atoms with Crippen LogP contribution in [0.2, 0.25) is 0 Å². The van der Waals surface area contributed by atoms with Crippen molar-refractivity contribution >= 4 is 0 Å². The third kappa shape index (κ3) is 1.48. The summed E-state index contributed by atoms with van der Waals surface area (Å²) in [4.78, 5) is 0. The van der Waals surface area contributed by atoms with Gasteiger partial charge in [-0.1, -0.05) is 60.7 Å². The third-order valence-corrected chi connectivity index (χ3v) is 3.61. The van der Waals surface area contributed by atoms with Crippen molar-refractivity contribution in [2.75, 3.05) is 0 Å². The van der Waals surface area contributed by atoms with Gasteiger partial charge < -0.3 is 0 Å². The SMILES string of the molecule is CC1(c2ccccc2)C(c2ccccc2)N1F. The van der Waals surface area contributed by atoms with Crippen LogP contribution in [0.1, 0.15) is 24.1 Å². The molecule has 3 rings (SSSR count). The van der Waals surface area contributed by atoms with Crippen LogP contribution in [0.15, 0.2) is 60.7 Å². The summed E-state index contributed by atoms with van der Waals surface area (Å²) >= 11 is 0. The average Bonchev–Trinajstić information content (AvgIpc) is 2.95. The molecule has 0 aliphatic carbocycles. The molecular weight excluding hydrogens is 213 g/mol. The predicted octanol–water partition coefficient (Wildman–Crippen LogP) is 3.84. The highest BCUT2D eigenvalue weighted by molar-refractivity contribution is 5.38. The van der Waals surface area contributed by atoms with E-state index < -0.39 is 5.54 Å². The zero-order chi connectivity index (χ0) is 11.9. The summed E-state index contributed by atoms with van der Waals surface area (Å²) in [5.41, 5.74) is 1.54. The van der Waals surface area contributed by atoms with Crippen LogP contribution in [0.5, 0.6) is 0 Å². The quantitative estimate of drug-likeness (QED) is 0.556. The lowest BCUT2D eigenvalue weighted by Crippen LogP contribution is -2.06. The molecule has 1 saturated heterocycles. The molecule has 0 aromatic heterocycles. The molecule has 0 bridgehead atoms. The van der Waals surface area contributed by atoms with Gasteiger partial charge in [-0.2, -0.15) is 0 Å². The third-order valence-electron chi connectivity index (χ3n) is 3.61. The lowest BCUT2D eigenvalue weighted by molar-refractivity contribution is 0.124. The lowest BCUT2D eigenvalue weighted by atomic mass is 9.93. The zero-order valence-electron chi connectivity index (χ0n) is 9.68. The van der Waals surface area contributed by atoms with Gasteiger partial charge in [-0.3, -0.25) is 0 Å². The Kier molecular flexibility index (Phi) is 2.26. The summed E-state index contributed by atoms with van der Waals surface area (Å²) in [5.74, 6) is 0. The number of hydrogen-bond donors (Lipinski definition) is 0. The van der Waals surface area contributed by atoms with Gasteiger partial charge in [-0.15, -0.1) is 9.60 Å². The van der Waals surface area contributed by atoms with E-state index in [2.05, 4.69) is 0 Å². The molecule has 2 heteroatoms. The standard InChI is InChI=1S/C15H14FN/c1-15(13-10-6-3-7-11-13)14(17(15)16)12-8-4-2-5-9-12/h2-11,14H,1H3. The maximum atomic E-state index is 14.0. The highest BCUT2D eigenvalue weighted by Gasteiger charge is 2.62. The number of rotatable bonds is 2. The number of halogens is 1. The molecule has 3 atom stereocenters. The average molecular weight is 227 g/mol. The van der Waals surface area contributed by atoms with E-state index >= 15 is 0 Å². The Morgan fingerprint density at radius 1 is 0.941 bits per heavy atom. The summed E-state index contributed by atoms with van der Waals surface area (Å²) in [6.45, 7) is 1.94. The van der Waals surface area contributed by atoms with Gasteiger partial charge in [-0.05, 0) is 18.1 Å². The van der Waals surface area contributed by atoms with Crippen LogP contribution >= 0.6 is 0 Å². The first-order chi connectivity index (χ1) is 8.24. The Hall–Kier alpha value is -1.67. The minimum atomic E-state index is -0.511.